The molecule has 0 atom stereocenters. The Morgan fingerprint density at radius 3 is 2.38 bits per heavy atom. The Hall–Kier alpha value is -4.46. The number of aromatic nitrogens is 1. The topological polar surface area (TPSA) is 105 Å². The Morgan fingerprint density at radius 1 is 0.969 bits per heavy atom. The lowest BCUT2D eigenvalue weighted by atomic mass is 10.2. The fraction of sp³-hybridized carbons (Fsp3) is 0.0833. The molecule has 160 valence electrons. The van der Waals surface area contributed by atoms with E-state index >= 15 is 0 Å². The Kier molecular flexibility index (Phi) is 5.94. The second-order valence-corrected chi connectivity index (χ2v) is 6.92. The van der Waals surface area contributed by atoms with Gasteiger partial charge in [-0.15, -0.1) is 10.2 Å². The smallest absolute Gasteiger partial charge is 0.295 e. The van der Waals surface area contributed by atoms with Gasteiger partial charge in [0.15, 0.2) is 5.69 Å². The summed E-state index contributed by atoms with van der Waals surface area (Å²) in [5.74, 6) is -0.510. The predicted molar refractivity (Wildman–Crippen MR) is 121 cm³/mol. The van der Waals surface area contributed by atoms with Crippen LogP contribution in [-0.2, 0) is 11.3 Å². The minimum Gasteiger partial charge on any atom is -0.497 e. The molecule has 1 aromatic heterocycles. The van der Waals surface area contributed by atoms with E-state index in [1.165, 1.54) is 11.7 Å². The van der Waals surface area contributed by atoms with Crippen LogP contribution >= 0.6 is 0 Å². The molecule has 4 aromatic rings. The molecular weight excluding hydrogens is 408 g/mol. The highest BCUT2D eigenvalue weighted by Gasteiger charge is 2.19. The van der Waals surface area contributed by atoms with Crippen LogP contribution in [0.25, 0.3) is 10.9 Å². The van der Waals surface area contributed by atoms with E-state index in [1.807, 2.05) is 18.2 Å². The number of aromatic hydroxyl groups is 1. The minimum atomic E-state index is -0.564. The number of hydrogen-bond acceptors (Lipinski definition) is 5. The molecule has 2 N–H and O–H groups in total. The molecule has 0 fully saturated rings. The van der Waals surface area contributed by atoms with Crippen LogP contribution in [0.4, 0.5) is 11.4 Å². The summed E-state index contributed by atoms with van der Waals surface area (Å²) in [6, 6.07) is 22.6. The highest BCUT2D eigenvalue weighted by atomic mass is 16.5. The first-order valence-corrected chi connectivity index (χ1v) is 9.82. The number of benzene rings is 3. The summed E-state index contributed by atoms with van der Waals surface area (Å²) < 4.78 is 6.51. The number of anilines is 1. The molecule has 32 heavy (non-hydrogen) atoms. The van der Waals surface area contributed by atoms with Gasteiger partial charge in [-0.05, 0) is 42.5 Å². The Labute approximate surface area is 183 Å². The van der Waals surface area contributed by atoms with E-state index in [0.717, 1.165) is 0 Å². The van der Waals surface area contributed by atoms with Gasteiger partial charge in [0.2, 0.25) is 11.8 Å². The molecule has 4 rings (SSSR count). The molecule has 0 aliphatic rings. The number of carbonyl (C=O) groups excluding carboxylic acids is 2. The van der Waals surface area contributed by atoms with Crippen molar-refractivity contribution < 1.29 is 19.4 Å². The monoisotopic (exact) mass is 428 g/mol. The minimum absolute atomic E-state index is 0.120. The average Bonchev–Trinajstić information content (AvgIpc) is 3.09. The van der Waals surface area contributed by atoms with Gasteiger partial charge in [-0.3, -0.25) is 9.59 Å². The molecule has 0 saturated heterocycles. The Morgan fingerprint density at radius 2 is 1.66 bits per heavy atom. The van der Waals surface area contributed by atoms with E-state index < -0.39 is 5.91 Å². The lowest BCUT2D eigenvalue weighted by molar-refractivity contribution is -0.116. The molecule has 3 aromatic carbocycles. The summed E-state index contributed by atoms with van der Waals surface area (Å²) >= 11 is 0. The first-order chi connectivity index (χ1) is 15.6. The number of ether oxygens (including phenoxy) is 1. The van der Waals surface area contributed by atoms with Crippen molar-refractivity contribution in [1.29, 1.82) is 0 Å². The van der Waals surface area contributed by atoms with Gasteiger partial charge in [0.05, 0.1) is 12.6 Å². The fourth-order valence-corrected chi connectivity index (χ4v) is 3.28. The number of nitrogens with zero attached hydrogens (tertiary/aromatic N) is 3. The van der Waals surface area contributed by atoms with Gasteiger partial charge < -0.3 is 19.7 Å². The third-order valence-corrected chi connectivity index (χ3v) is 4.85. The van der Waals surface area contributed by atoms with E-state index in [4.69, 9.17) is 4.74 Å². The van der Waals surface area contributed by atoms with Gasteiger partial charge >= 0.3 is 0 Å². The number of nitrogens with one attached hydrogen (secondary N) is 1. The summed E-state index contributed by atoms with van der Waals surface area (Å²) in [6.07, 6.45) is 0. The lowest BCUT2D eigenvalue weighted by Gasteiger charge is -2.08. The SMILES string of the molecule is COc1ccc(C(=O)N=Nc2c(O)n(CC(=O)Nc3ccccc3)c3ccccc23)cc1. The van der Waals surface area contributed by atoms with E-state index in [-0.39, 0.29) is 24.0 Å². The summed E-state index contributed by atoms with van der Waals surface area (Å²) in [7, 11) is 1.54. The summed E-state index contributed by atoms with van der Waals surface area (Å²) in [6.45, 7) is -0.136. The summed E-state index contributed by atoms with van der Waals surface area (Å²) in [5.41, 5.74) is 1.70. The standard InChI is InChI=1S/C24H20N4O4/c1-32-18-13-11-16(12-14-18)23(30)27-26-22-19-9-5-6-10-20(19)28(24(22)31)15-21(29)25-17-7-3-2-4-8-17/h2-14,31H,15H2,1H3,(H,25,29). The van der Waals surface area contributed by atoms with Crippen LogP contribution in [0.1, 0.15) is 10.4 Å². The van der Waals surface area contributed by atoms with E-state index in [1.54, 1.807) is 60.7 Å². The summed E-state index contributed by atoms with van der Waals surface area (Å²) in [4.78, 5) is 24.9. The van der Waals surface area contributed by atoms with Crippen LogP contribution in [0, 0.1) is 0 Å². The first-order valence-electron chi connectivity index (χ1n) is 9.82. The highest BCUT2D eigenvalue weighted by molar-refractivity contribution is 5.99. The number of amides is 2. The van der Waals surface area contributed by atoms with Crippen LogP contribution in [0.15, 0.2) is 89.1 Å². The molecule has 1 heterocycles. The largest absolute Gasteiger partial charge is 0.497 e. The second-order valence-electron chi connectivity index (χ2n) is 6.92. The van der Waals surface area contributed by atoms with Crippen molar-refractivity contribution in [1.82, 2.24) is 4.57 Å². The molecule has 0 aliphatic carbocycles. The lowest BCUT2D eigenvalue weighted by Crippen LogP contribution is -2.18. The zero-order valence-corrected chi connectivity index (χ0v) is 17.2. The number of fused-ring (bicyclic) bond motifs is 1. The van der Waals surface area contributed by atoms with Crippen LogP contribution in [0.2, 0.25) is 0 Å². The molecule has 0 spiro atoms. The van der Waals surface area contributed by atoms with E-state index in [2.05, 4.69) is 15.5 Å². The van der Waals surface area contributed by atoms with E-state index in [0.29, 0.717) is 27.9 Å². The second kappa shape index (κ2) is 9.13. The van der Waals surface area contributed by atoms with Gasteiger partial charge in [-0.25, -0.2) is 0 Å². The van der Waals surface area contributed by atoms with Crippen LogP contribution in [0.3, 0.4) is 0 Å². The quantitative estimate of drug-likeness (QED) is 0.425. The zero-order chi connectivity index (χ0) is 22.5. The van der Waals surface area contributed by atoms with Crippen LogP contribution in [0.5, 0.6) is 11.6 Å². The van der Waals surface area contributed by atoms with Crippen molar-refractivity contribution in [2.75, 3.05) is 12.4 Å². The van der Waals surface area contributed by atoms with Gasteiger partial charge in [0.1, 0.15) is 12.3 Å². The maximum atomic E-state index is 12.5. The zero-order valence-electron chi connectivity index (χ0n) is 17.2. The van der Waals surface area contributed by atoms with Crippen LogP contribution < -0.4 is 10.1 Å². The van der Waals surface area contributed by atoms with Gasteiger partial charge in [0.25, 0.3) is 5.91 Å². The van der Waals surface area contributed by atoms with Crippen molar-refractivity contribution in [3.8, 4) is 11.6 Å². The van der Waals surface area contributed by atoms with Crippen molar-refractivity contribution in [3.05, 3.63) is 84.4 Å². The van der Waals surface area contributed by atoms with Gasteiger partial charge in [-0.1, -0.05) is 36.4 Å². The van der Waals surface area contributed by atoms with Gasteiger partial charge in [0, 0.05) is 16.6 Å². The number of methoxy groups -OCH3 is 1. The van der Waals surface area contributed by atoms with Gasteiger partial charge in [-0.2, -0.15) is 0 Å². The molecule has 0 unspecified atom stereocenters. The molecule has 0 bridgehead atoms. The molecule has 2 amide bonds. The molecule has 0 saturated carbocycles. The third kappa shape index (κ3) is 4.34. The molecule has 0 radical (unpaired) electrons. The number of azo groups is 1. The molecule has 8 heteroatoms. The molecular formula is C24H20N4O4. The Balaban J connectivity index is 1.61. The van der Waals surface area contributed by atoms with Crippen molar-refractivity contribution in [2.45, 2.75) is 6.54 Å². The van der Waals surface area contributed by atoms with Crippen molar-refractivity contribution in [2.24, 2.45) is 10.2 Å². The number of hydrogen-bond donors (Lipinski definition) is 2. The maximum Gasteiger partial charge on any atom is 0.295 e. The van der Waals surface area contributed by atoms with E-state index in [9.17, 15) is 14.7 Å². The fourth-order valence-electron chi connectivity index (χ4n) is 3.28. The third-order valence-electron chi connectivity index (χ3n) is 4.85. The molecule has 0 aliphatic heterocycles. The molecule has 8 nitrogen and oxygen atoms in total. The maximum absolute atomic E-state index is 12.5. The number of rotatable bonds is 6. The number of carbonyl (C=O) groups is 2. The first kappa shape index (κ1) is 20.8. The average molecular weight is 428 g/mol. The Bertz CT molecular complexity index is 1300. The summed E-state index contributed by atoms with van der Waals surface area (Å²) in [5, 5.41) is 21.9. The highest BCUT2D eigenvalue weighted by Crippen LogP contribution is 2.38. The predicted octanol–water partition coefficient (Wildman–Crippen LogP) is 4.92. The van der Waals surface area contributed by atoms with Crippen molar-refractivity contribution >= 4 is 34.1 Å². The van der Waals surface area contributed by atoms with Crippen molar-refractivity contribution in [3.63, 3.8) is 0 Å². The number of para-hydroxylation sites is 2. The van der Waals surface area contributed by atoms with Crippen LogP contribution in [-0.4, -0.2) is 28.6 Å². The normalized spacial score (nSPS) is 11.0.